The zero-order valence-electron chi connectivity index (χ0n) is 21.5. The van der Waals surface area contributed by atoms with Crippen molar-refractivity contribution in [2.24, 2.45) is 11.3 Å². The molecule has 0 radical (unpaired) electrons. The third-order valence-corrected chi connectivity index (χ3v) is 10.6. The maximum atomic E-state index is 13.9. The van der Waals surface area contributed by atoms with E-state index in [1.165, 1.54) is 0 Å². The maximum absolute atomic E-state index is 13.9. The highest BCUT2D eigenvalue weighted by Crippen LogP contribution is 2.69. The van der Waals surface area contributed by atoms with Crippen LogP contribution in [0.1, 0.15) is 44.6 Å². The molecule has 1 aromatic heterocycles. The second kappa shape index (κ2) is 7.36. The van der Waals surface area contributed by atoms with Crippen molar-refractivity contribution in [3.8, 4) is 0 Å². The van der Waals surface area contributed by atoms with E-state index in [0.717, 1.165) is 21.9 Å². The van der Waals surface area contributed by atoms with Crippen molar-refractivity contribution in [1.82, 2.24) is 9.88 Å². The van der Waals surface area contributed by atoms with Gasteiger partial charge in [-0.05, 0) is 62.4 Å². The first-order chi connectivity index (χ1) is 17.6. The van der Waals surface area contributed by atoms with Gasteiger partial charge in [-0.15, -0.1) is 0 Å². The van der Waals surface area contributed by atoms with Crippen molar-refractivity contribution in [2.45, 2.75) is 74.1 Å². The molecular weight excluding hydrogens is 468 g/mol. The molecular formula is C30H34N2O5. The number of likely N-dealkylation sites (N-methyl/N-ethyl adjacent to an activating group) is 1. The molecule has 5 aliphatic rings. The molecule has 0 unspecified atom stereocenters. The van der Waals surface area contributed by atoms with E-state index in [1.807, 2.05) is 56.3 Å². The van der Waals surface area contributed by atoms with Gasteiger partial charge in [-0.25, -0.2) is 0 Å². The number of fused-ring (bicyclic) bond motifs is 2. The normalized spacial score (nSPS) is 44.4. The van der Waals surface area contributed by atoms with E-state index in [0.29, 0.717) is 31.2 Å². The molecule has 1 aromatic carbocycles. The summed E-state index contributed by atoms with van der Waals surface area (Å²) in [5, 5.41) is 36.2. The lowest BCUT2D eigenvalue weighted by Gasteiger charge is -2.56. The number of aromatic nitrogens is 1. The van der Waals surface area contributed by atoms with Gasteiger partial charge in [-0.1, -0.05) is 37.3 Å². The topological polar surface area (TPSA) is 103 Å². The lowest BCUT2D eigenvalue weighted by Crippen LogP contribution is -2.62. The van der Waals surface area contributed by atoms with Crippen molar-refractivity contribution < 1.29 is 24.9 Å². The van der Waals surface area contributed by atoms with Gasteiger partial charge in [0.05, 0.1) is 17.3 Å². The van der Waals surface area contributed by atoms with Crippen LogP contribution in [0.25, 0.3) is 10.8 Å². The van der Waals surface area contributed by atoms with Crippen LogP contribution in [-0.2, 0) is 15.1 Å². The number of benzene rings is 1. The van der Waals surface area contributed by atoms with E-state index in [4.69, 9.17) is 4.74 Å². The van der Waals surface area contributed by atoms with Gasteiger partial charge >= 0.3 is 0 Å². The van der Waals surface area contributed by atoms with Crippen LogP contribution in [0.15, 0.2) is 60.0 Å². The molecule has 194 valence electrons. The second-order valence-electron chi connectivity index (χ2n) is 12.3. The van der Waals surface area contributed by atoms with Gasteiger partial charge in [0.1, 0.15) is 6.10 Å². The van der Waals surface area contributed by atoms with E-state index in [1.54, 1.807) is 12.4 Å². The Labute approximate surface area is 216 Å². The number of nitrogens with zero attached hydrogens (tertiary/aromatic N) is 2. The van der Waals surface area contributed by atoms with Crippen LogP contribution in [0.5, 0.6) is 0 Å². The fourth-order valence-electron chi connectivity index (χ4n) is 8.61. The zero-order valence-corrected chi connectivity index (χ0v) is 21.5. The van der Waals surface area contributed by atoms with Gasteiger partial charge in [0, 0.05) is 47.1 Å². The standard InChI is InChI=1S/C30H34N2O5/c1-27-9-7-18-13-21-25(34)26(35)22(32(2)3)15-28(21)10-11-29(18,37-28)23(27)14-24(33)30(27,36)20-6-4-5-17-8-12-31-16-19(17)20/h4-8,12-13,16,22-23,25-26,34-36H,9-11,14-15H2,1-3H3/t22-,23+,25+,26+,27-,28+,29+,30+/m0/s1. The molecule has 7 nitrogen and oxygen atoms in total. The van der Waals surface area contributed by atoms with Gasteiger partial charge in [0.25, 0.3) is 0 Å². The highest BCUT2D eigenvalue weighted by atomic mass is 16.5. The molecule has 2 aromatic rings. The minimum Gasteiger partial charge on any atom is -0.388 e. The third-order valence-electron chi connectivity index (χ3n) is 10.6. The summed E-state index contributed by atoms with van der Waals surface area (Å²) >= 11 is 0. The molecule has 3 fully saturated rings. The van der Waals surface area contributed by atoms with Crippen LogP contribution in [0, 0.1) is 11.3 Å². The van der Waals surface area contributed by atoms with Crippen LogP contribution in [0.4, 0.5) is 0 Å². The number of pyridine rings is 1. The fourth-order valence-corrected chi connectivity index (χ4v) is 8.61. The summed E-state index contributed by atoms with van der Waals surface area (Å²) in [7, 11) is 3.83. The highest BCUT2D eigenvalue weighted by Gasteiger charge is 2.73. The number of carbonyl (C=O) groups excluding carboxylic acids is 1. The molecule has 7 rings (SSSR count). The summed E-state index contributed by atoms with van der Waals surface area (Å²) in [5.41, 5.74) is -1.50. The van der Waals surface area contributed by atoms with E-state index in [-0.39, 0.29) is 24.2 Å². The molecule has 0 amide bonds. The molecule has 2 bridgehead atoms. The minimum atomic E-state index is -1.67. The molecule has 3 heterocycles. The first kappa shape index (κ1) is 23.7. The molecule has 37 heavy (non-hydrogen) atoms. The summed E-state index contributed by atoms with van der Waals surface area (Å²) in [5.74, 6) is -0.395. The van der Waals surface area contributed by atoms with Crippen molar-refractivity contribution >= 4 is 16.6 Å². The van der Waals surface area contributed by atoms with E-state index < -0.39 is 34.4 Å². The Morgan fingerprint density at radius 1 is 1.16 bits per heavy atom. The van der Waals surface area contributed by atoms with Crippen molar-refractivity contribution in [3.05, 3.63) is 65.5 Å². The van der Waals surface area contributed by atoms with Crippen LogP contribution >= 0.6 is 0 Å². The summed E-state index contributed by atoms with van der Waals surface area (Å²) in [6.45, 7) is 2.04. The number of aliphatic hydroxyl groups excluding tert-OH is 2. The Morgan fingerprint density at radius 3 is 2.76 bits per heavy atom. The Hall–Kier alpha value is -2.42. The molecule has 3 N–H and O–H groups in total. The molecule has 3 aliphatic carbocycles. The van der Waals surface area contributed by atoms with Crippen LogP contribution < -0.4 is 0 Å². The first-order valence-corrected chi connectivity index (χ1v) is 13.3. The van der Waals surface area contributed by atoms with E-state index in [2.05, 4.69) is 11.1 Å². The van der Waals surface area contributed by atoms with Gasteiger partial charge in [-0.2, -0.15) is 0 Å². The minimum absolute atomic E-state index is 0.176. The average Bonchev–Trinajstić information content (AvgIpc) is 3.31. The molecule has 1 saturated heterocycles. The number of carbonyl (C=O) groups is 1. The van der Waals surface area contributed by atoms with Gasteiger partial charge in [0.2, 0.25) is 0 Å². The SMILES string of the molecule is CN(C)[C@H]1C[C@@]23CC[C@@]4(O2)C(=CC[C@@]2(C)[C@H]4CC(=O)[C@]2(O)c2cccc4ccncc24)C=C3[C@@H](O)[C@@H]1O. The number of hydrogen-bond acceptors (Lipinski definition) is 7. The molecule has 7 heteroatoms. The van der Waals surface area contributed by atoms with Gasteiger partial charge in [-0.3, -0.25) is 9.78 Å². The smallest absolute Gasteiger partial charge is 0.169 e. The number of ether oxygens (including phenoxy) is 1. The number of allylic oxidation sites excluding steroid dienone is 1. The van der Waals surface area contributed by atoms with Crippen LogP contribution in [0.2, 0.25) is 0 Å². The number of hydrogen-bond donors (Lipinski definition) is 3. The number of aliphatic hydroxyl groups is 3. The monoisotopic (exact) mass is 502 g/mol. The predicted molar refractivity (Wildman–Crippen MR) is 138 cm³/mol. The van der Waals surface area contributed by atoms with Crippen LogP contribution in [0.3, 0.4) is 0 Å². The molecule has 8 atom stereocenters. The summed E-state index contributed by atoms with van der Waals surface area (Å²) in [4.78, 5) is 20.2. The van der Waals surface area contributed by atoms with E-state index >= 15 is 0 Å². The van der Waals surface area contributed by atoms with Gasteiger partial charge in [0.15, 0.2) is 11.4 Å². The van der Waals surface area contributed by atoms with Crippen molar-refractivity contribution in [3.63, 3.8) is 0 Å². The largest absolute Gasteiger partial charge is 0.388 e. The number of Topliss-reactive ketones (excluding diaryl/α,β-unsaturated/α-hetero) is 1. The molecule has 2 spiro atoms. The van der Waals surface area contributed by atoms with Gasteiger partial charge < -0.3 is 25.0 Å². The highest BCUT2D eigenvalue weighted by molar-refractivity contribution is 5.98. The van der Waals surface area contributed by atoms with Crippen molar-refractivity contribution in [2.75, 3.05) is 14.1 Å². The quantitative estimate of drug-likeness (QED) is 0.580. The molecule has 2 aliphatic heterocycles. The summed E-state index contributed by atoms with van der Waals surface area (Å²) in [6, 6.07) is 7.40. The fraction of sp³-hybridized carbons (Fsp3) is 0.533. The Bertz CT molecular complexity index is 1400. The summed E-state index contributed by atoms with van der Waals surface area (Å²) < 4.78 is 7.11. The lowest BCUT2D eigenvalue weighted by molar-refractivity contribution is -0.182. The number of rotatable bonds is 2. The Kier molecular flexibility index (Phi) is 4.71. The zero-order chi connectivity index (χ0) is 26.0. The van der Waals surface area contributed by atoms with E-state index in [9.17, 15) is 20.1 Å². The van der Waals surface area contributed by atoms with Crippen LogP contribution in [-0.4, -0.2) is 74.5 Å². The Morgan fingerprint density at radius 2 is 1.97 bits per heavy atom. The predicted octanol–water partition coefficient (Wildman–Crippen LogP) is 2.63. The Balaban J connectivity index is 1.38. The average molecular weight is 503 g/mol. The second-order valence-corrected chi connectivity index (χ2v) is 12.3. The number of ketones is 1. The maximum Gasteiger partial charge on any atom is 0.169 e. The van der Waals surface area contributed by atoms with Crippen molar-refractivity contribution in [1.29, 1.82) is 0 Å². The summed E-state index contributed by atoms with van der Waals surface area (Å²) in [6.07, 6.45) is 8.44. The molecule has 2 saturated carbocycles. The third kappa shape index (κ3) is 2.69. The first-order valence-electron chi connectivity index (χ1n) is 13.3. The lowest BCUT2D eigenvalue weighted by atomic mass is 9.56.